The second kappa shape index (κ2) is 7.29. The number of hydrogen-bond acceptors (Lipinski definition) is 4. The molecule has 2 N–H and O–H groups in total. The van der Waals surface area contributed by atoms with Gasteiger partial charge in [0.15, 0.2) is 0 Å². The van der Waals surface area contributed by atoms with Gasteiger partial charge in [-0.2, -0.15) is 0 Å². The lowest BCUT2D eigenvalue weighted by molar-refractivity contribution is 0.0960. The SMILES string of the molecule is CNC(=O)c1cc(S(=O)(=O)Nc2ccc(Cl)c(Cl)c2)ccc1OC. The Balaban J connectivity index is 2.41. The second-order valence-electron chi connectivity index (χ2n) is 4.68. The Labute approximate surface area is 149 Å². The minimum absolute atomic E-state index is 0.0898. The molecule has 0 heterocycles. The number of benzene rings is 2. The van der Waals surface area contributed by atoms with Crippen molar-refractivity contribution < 1.29 is 17.9 Å². The Bertz CT molecular complexity index is 885. The van der Waals surface area contributed by atoms with E-state index in [2.05, 4.69) is 10.0 Å². The molecule has 0 unspecified atom stereocenters. The van der Waals surface area contributed by atoms with E-state index in [9.17, 15) is 13.2 Å². The van der Waals surface area contributed by atoms with E-state index in [4.69, 9.17) is 27.9 Å². The smallest absolute Gasteiger partial charge is 0.261 e. The van der Waals surface area contributed by atoms with Gasteiger partial charge in [0.25, 0.3) is 15.9 Å². The fourth-order valence-electron chi connectivity index (χ4n) is 1.94. The Kier molecular flexibility index (Phi) is 5.58. The van der Waals surface area contributed by atoms with Crippen LogP contribution in [0.2, 0.25) is 10.0 Å². The van der Waals surface area contributed by atoms with Crippen LogP contribution >= 0.6 is 23.2 Å². The molecule has 0 aliphatic heterocycles. The molecule has 9 heteroatoms. The maximum absolute atomic E-state index is 12.5. The van der Waals surface area contributed by atoms with Crippen LogP contribution in [-0.2, 0) is 10.0 Å². The predicted molar refractivity (Wildman–Crippen MR) is 93.7 cm³/mol. The summed E-state index contributed by atoms with van der Waals surface area (Å²) in [6.45, 7) is 0. The molecule has 0 atom stereocenters. The van der Waals surface area contributed by atoms with E-state index in [1.54, 1.807) is 0 Å². The second-order valence-corrected chi connectivity index (χ2v) is 7.17. The summed E-state index contributed by atoms with van der Waals surface area (Å²) in [6, 6.07) is 8.34. The summed E-state index contributed by atoms with van der Waals surface area (Å²) >= 11 is 11.7. The number of ether oxygens (including phenoxy) is 1. The molecule has 0 saturated carbocycles. The van der Waals surface area contributed by atoms with E-state index < -0.39 is 15.9 Å². The summed E-state index contributed by atoms with van der Waals surface area (Å²) in [5.74, 6) is -0.193. The zero-order valence-corrected chi connectivity index (χ0v) is 15.1. The van der Waals surface area contributed by atoms with Gasteiger partial charge >= 0.3 is 0 Å². The van der Waals surface area contributed by atoms with Crippen molar-refractivity contribution in [3.05, 3.63) is 52.0 Å². The molecule has 1 amide bonds. The Morgan fingerprint density at radius 1 is 1.08 bits per heavy atom. The summed E-state index contributed by atoms with van der Waals surface area (Å²) in [5.41, 5.74) is 0.360. The molecular formula is C15H14Cl2N2O4S. The summed E-state index contributed by atoms with van der Waals surface area (Å²) in [7, 11) is -1.09. The number of carbonyl (C=O) groups excluding carboxylic acids is 1. The van der Waals surface area contributed by atoms with Crippen molar-refractivity contribution in [1.29, 1.82) is 0 Å². The highest BCUT2D eigenvalue weighted by atomic mass is 35.5. The number of nitrogens with one attached hydrogen (secondary N) is 2. The van der Waals surface area contributed by atoms with Gasteiger partial charge in [0.1, 0.15) is 5.75 Å². The fraction of sp³-hybridized carbons (Fsp3) is 0.133. The van der Waals surface area contributed by atoms with Crippen molar-refractivity contribution in [3.63, 3.8) is 0 Å². The quantitative estimate of drug-likeness (QED) is 0.823. The molecule has 0 fully saturated rings. The average Bonchev–Trinajstić information content (AvgIpc) is 2.56. The van der Waals surface area contributed by atoms with Crippen LogP contribution < -0.4 is 14.8 Å². The maximum atomic E-state index is 12.5. The summed E-state index contributed by atoms with van der Waals surface area (Å²) in [5, 5.41) is 2.96. The normalized spacial score (nSPS) is 11.0. The van der Waals surface area contributed by atoms with Crippen LogP contribution in [0.1, 0.15) is 10.4 Å². The van der Waals surface area contributed by atoms with Gasteiger partial charge in [0, 0.05) is 7.05 Å². The van der Waals surface area contributed by atoms with E-state index in [0.29, 0.717) is 5.02 Å². The van der Waals surface area contributed by atoms with Crippen molar-refractivity contribution in [3.8, 4) is 5.75 Å². The monoisotopic (exact) mass is 388 g/mol. The number of anilines is 1. The number of hydrogen-bond donors (Lipinski definition) is 2. The molecule has 0 aliphatic carbocycles. The summed E-state index contributed by atoms with van der Waals surface area (Å²) in [4.78, 5) is 11.8. The molecule has 0 saturated heterocycles. The van der Waals surface area contributed by atoms with E-state index in [1.165, 1.54) is 50.6 Å². The van der Waals surface area contributed by atoms with Crippen LogP contribution in [0.5, 0.6) is 5.75 Å². The molecule has 2 aromatic rings. The van der Waals surface area contributed by atoms with Gasteiger partial charge in [0.2, 0.25) is 0 Å². The highest BCUT2D eigenvalue weighted by Crippen LogP contribution is 2.28. The van der Waals surface area contributed by atoms with E-state index in [0.717, 1.165) is 0 Å². The lowest BCUT2D eigenvalue weighted by atomic mass is 10.2. The van der Waals surface area contributed by atoms with Gasteiger partial charge in [-0.1, -0.05) is 23.2 Å². The van der Waals surface area contributed by atoms with E-state index in [-0.39, 0.29) is 26.9 Å². The zero-order chi connectivity index (χ0) is 17.9. The molecule has 24 heavy (non-hydrogen) atoms. The molecule has 2 aromatic carbocycles. The third kappa shape index (κ3) is 3.92. The number of halogens is 2. The van der Waals surface area contributed by atoms with Crippen molar-refractivity contribution in [1.82, 2.24) is 5.32 Å². The third-order valence-corrected chi connectivity index (χ3v) is 5.24. The van der Waals surface area contributed by atoms with Gasteiger partial charge < -0.3 is 10.1 Å². The Morgan fingerprint density at radius 3 is 2.38 bits per heavy atom. The first-order valence-corrected chi connectivity index (χ1v) is 8.90. The van der Waals surface area contributed by atoms with Crippen LogP contribution in [0.3, 0.4) is 0 Å². The van der Waals surface area contributed by atoms with Crippen molar-refractivity contribution in [2.45, 2.75) is 4.90 Å². The van der Waals surface area contributed by atoms with Crippen LogP contribution in [0.15, 0.2) is 41.3 Å². The topological polar surface area (TPSA) is 84.5 Å². The maximum Gasteiger partial charge on any atom is 0.261 e. The first-order valence-electron chi connectivity index (χ1n) is 6.66. The fourth-order valence-corrected chi connectivity index (χ4v) is 3.31. The standard InChI is InChI=1S/C15H14Cl2N2O4S/c1-18-15(20)11-8-10(4-6-14(11)23-2)24(21,22)19-9-3-5-12(16)13(17)7-9/h3-8,19H,1-2H3,(H,18,20). The lowest BCUT2D eigenvalue weighted by Gasteiger charge is -2.12. The third-order valence-electron chi connectivity index (χ3n) is 3.12. The number of methoxy groups -OCH3 is 1. The Hall–Kier alpha value is -1.96. The van der Waals surface area contributed by atoms with Gasteiger partial charge in [-0.15, -0.1) is 0 Å². The van der Waals surface area contributed by atoms with Crippen molar-refractivity contribution >= 4 is 44.8 Å². The highest BCUT2D eigenvalue weighted by molar-refractivity contribution is 7.92. The minimum atomic E-state index is -3.92. The van der Waals surface area contributed by atoms with Gasteiger partial charge in [0.05, 0.1) is 33.3 Å². The van der Waals surface area contributed by atoms with E-state index in [1.807, 2.05) is 0 Å². The minimum Gasteiger partial charge on any atom is -0.496 e. The molecule has 2 rings (SSSR count). The first-order chi connectivity index (χ1) is 11.3. The molecule has 0 spiro atoms. The summed E-state index contributed by atoms with van der Waals surface area (Å²) in [6.07, 6.45) is 0. The van der Waals surface area contributed by atoms with Crippen LogP contribution in [-0.4, -0.2) is 28.5 Å². The van der Waals surface area contributed by atoms with Crippen LogP contribution in [0, 0.1) is 0 Å². The Morgan fingerprint density at radius 2 is 1.79 bits per heavy atom. The molecular weight excluding hydrogens is 375 g/mol. The van der Waals surface area contributed by atoms with Crippen LogP contribution in [0.25, 0.3) is 0 Å². The largest absolute Gasteiger partial charge is 0.496 e. The number of carbonyl (C=O) groups is 1. The van der Waals surface area contributed by atoms with E-state index >= 15 is 0 Å². The predicted octanol–water partition coefficient (Wildman–Crippen LogP) is 3.16. The average molecular weight is 389 g/mol. The van der Waals surface area contributed by atoms with Crippen molar-refractivity contribution in [2.75, 3.05) is 18.9 Å². The molecule has 0 aliphatic rings. The van der Waals surface area contributed by atoms with Crippen molar-refractivity contribution in [2.24, 2.45) is 0 Å². The van der Waals surface area contributed by atoms with Gasteiger partial charge in [-0.25, -0.2) is 8.42 Å². The van der Waals surface area contributed by atoms with Gasteiger partial charge in [-0.3, -0.25) is 9.52 Å². The van der Waals surface area contributed by atoms with Crippen LogP contribution in [0.4, 0.5) is 5.69 Å². The zero-order valence-electron chi connectivity index (χ0n) is 12.8. The molecule has 0 bridgehead atoms. The van der Waals surface area contributed by atoms with Gasteiger partial charge in [-0.05, 0) is 36.4 Å². The summed E-state index contributed by atoms with van der Waals surface area (Å²) < 4.78 is 32.5. The highest BCUT2D eigenvalue weighted by Gasteiger charge is 2.19. The number of amides is 1. The number of rotatable bonds is 5. The molecule has 6 nitrogen and oxygen atoms in total. The number of sulfonamides is 1. The molecule has 0 aromatic heterocycles. The molecule has 0 radical (unpaired) electrons. The molecule has 128 valence electrons. The first kappa shape index (κ1) is 18.4. The lowest BCUT2D eigenvalue weighted by Crippen LogP contribution is -2.20.